The molecule has 0 aromatic heterocycles. The smallest absolute Gasteiger partial charge is 0.329 e. The summed E-state index contributed by atoms with van der Waals surface area (Å²) >= 11 is 0. The van der Waals surface area contributed by atoms with Gasteiger partial charge in [-0.15, -0.1) is 0 Å². The number of esters is 1. The minimum Gasteiger partial charge on any atom is -0.467 e. The summed E-state index contributed by atoms with van der Waals surface area (Å²) in [5, 5.41) is 0. The molecule has 5 nitrogen and oxygen atoms in total. The molecule has 3 aliphatic rings. The number of fused-ring (bicyclic) bond motifs is 5. The summed E-state index contributed by atoms with van der Waals surface area (Å²) in [7, 11) is 1.30. The molecule has 0 spiro atoms. The fourth-order valence-electron chi connectivity index (χ4n) is 4.12. The molecule has 2 bridgehead atoms. The second kappa shape index (κ2) is 4.97. The van der Waals surface area contributed by atoms with E-state index in [2.05, 4.69) is 12.2 Å². The summed E-state index contributed by atoms with van der Waals surface area (Å²) in [5.74, 6) is -0.845. The number of hydrogen-bond acceptors (Lipinski definition) is 4. The zero-order valence-electron chi connectivity index (χ0n) is 12.6. The zero-order chi connectivity index (χ0) is 15.3. The number of carbonyl (C=O) groups excluding carboxylic acids is 3. The number of ether oxygens (including phenoxy) is 1. The molecule has 0 unspecified atom stereocenters. The molecular weight excluding hydrogens is 270 g/mol. The highest BCUT2D eigenvalue weighted by atomic mass is 16.5. The van der Waals surface area contributed by atoms with Crippen LogP contribution in [0.2, 0.25) is 0 Å². The van der Waals surface area contributed by atoms with Gasteiger partial charge in [0, 0.05) is 0 Å². The van der Waals surface area contributed by atoms with Crippen LogP contribution in [0.4, 0.5) is 0 Å². The maximum Gasteiger partial charge on any atom is 0.329 e. The summed E-state index contributed by atoms with van der Waals surface area (Å²) in [6.07, 6.45) is 5.45. The highest BCUT2D eigenvalue weighted by Gasteiger charge is 2.61. The number of methoxy groups -OCH3 is 1. The summed E-state index contributed by atoms with van der Waals surface area (Å²) in [6.45, 7) is 3.93. The third kappa shape index (κ3) is 2.01. The van der Waals surface area contributed by atoms with Crippen molar-refractivity contribution >= 4 is 17.8 Å². The molecule has 0 N–H and O–H groups in total. The third-order valence-corrected chi connectivity index (χ3v) is 4.98. The first kappa shape index (κ1) is 14.3. The number of nitrogens with zero attached hydrogens (tertiary/aromatic N) is 1. The van der Waals surface area contributed by atoms with Gasteiger partial charge in [-0.1, -0.05) is 26.0 Å². The van der Waals surface area contributed by atoms with Crippen molar-refractivity contribution in [3.8, 4) is 0 Å². The van der Waals surface area contributed by atoms with Gasteiger partial charge in [0.25, 0.3) is 0 Å². The molecular formula is C16H21NO4. The van der Waals surface area contributed by atoms with Crippen LogP contribution in [0, 0.1) is 29.6 Å². The predicted molar refractivity (Wildman–Crippen MR) is 74.8 cm³/mol. The van der Waals surface area contributed by atoms with Crippen molar-refractivity contribution in [2.75, 3.05) is 7.11 Å². The van der Waals surface area contributed by atoms with E-state index < -0.39 is 12.0 Å². The van der Waals surface area contributed by atoms with Gasteiger partial charge >= 0.3 is 5.97 Å². The topological polar surface area (TPSA) is 63.7 Å². The quantitative estimate of drug-likeness (QED) is 0.446. The van der Waals surface area contributed by atoms with Crippen LogP contribution in [0.15, 0.2) is 12.2 Å². The van der Waals surface area contributed by atoms with Crippen LogP contribution < -0.4 is 0 Å². The lowest BCUT2D eigenvalue weighted by atomic mass is 9.85. The van der Waals surface area contributed by atoms with Gasteiger partial charge in [0.1, 0.15) is 6.04 Å². The van der Waals surface area contributed by atoms with Gasteiger partial charge in [0.2, 0.25) is 11.8 Å². The molecule has 3 rings (SSSR count). The zero-order valence-corrected chi connectivity index (χ0v) is 12.6. The van der Waals surface area contributed by atoms with Crippen molar-refractivity contribution in [1.82, 2.24) is 4.90 Å². The van der Waals surface area contributed by atoms with Gasteiger partial charge in [-0.25, -0.2) is 4.79 Å². The van der Waals surface area contributed by atoms with E-state index >= 15 is 0 Å². The molecule has 0 aromatic rings. The van der Waals surface area contributed by atoms with Crippen molar-refractivity contribution in [2.45, 2.75) is 32.7 Å². The van der Waals surface area contributed by atoms with Crippen molar-refractivity contribution in [2.24, 2.45) is 29.6 Å². The standard InChI is InChI=1S/C16H21NO4/c1-8(2)6-11(16(20)21-3)17-14(18)12-9-4-5-10(7-9)13(12)15(17)19/h4-5,8-13H,6-7H2,1-3H3/t9-,10+,11-,12-,13-/m0/s1. The Labute approximate surface area is 124 Å². The SMILES string of the molecule is COC(=O)[C@H](CC(C)C)N1C(=O)[C@@H]2[C@@H](C1=O)[C@H]1C=C[C@@H]2C1. The molecule has 5 atom stereocenters. The minimum absolute atomic E-state index is 0.166. The van der Waals surface area contributed by atoms with Crippen LogP contribution in [0.5, 0.6) is 0 Å². The Balaban J connectivity index is 1.90. The summed E-state index contributed by atoms with van der Waals surface area (Å²) < 4.78 is 4.81. The number of likely N-dealkylation sites (tertiary alicyclic amines) is 1. The fraction of sp³-hybridized carbons (Fsp3) is 0.688. The summed E-state index contributed by atoms with van der Waals surface area (Å²) in [5.41, 5.74) is 0. The normalized spacial score (nSPS) is 34.8. The van der Waals surface area contributed by atoms with E-state index in [1.165, 1.54) is 12.0 Å². The highest BCUT2D eigenvalue weighted by Crippen LogP contribution is 2.53. The first-order chi connectivity index (χ1) is 9.95. The first-order valence-electron chi connectivity index (χ1n) is 7.58. The lowest BCUT2D eigenvalue weighted by Gasteiger charge is -2.26. The molecule has 1 heterocycles. The molecule has 114 valence electrons. The molecule has 0 aromatic carbocycles. The van der Waals surface area contributed by atoms with Crippen molar-refractivity contribution in [1.29, 1.82) is 0 Å². The van der Waals surface area contributed by atoms with Crippen LogP contribution in [-0.2, 0) is 19.1 Å². The van der Waals surface area contributed by atoms with Crippen LogP contribution in [0.1, 0.15) is 26.7 Å². The monoisotopic (exact) mass is 291 g/mol. The Morgan fingerprint density at radius 2 is 1.76 bits per heavy atom. The van der Waals surface area contributed by atoms with Crippen molar-refractivity contribution in [3.63, 3.8) is 0 Å². The highest BCUT2D eigenvalue weighted by molar-refractivity contribution is 6.08. The molecule has 1 saturated heterocycles. The van der Waals surface area contributed by atoms with Gasteiger partial charge in [-0.05, 0) is 30.6 Å². The Bertz CT molecular complexity index is 494. The van der Waals surface area contributed by atoms with E-state index in [1.54, 1.807) is 0 Å². The number of rotatable bonds is 4. The van der Waals surface area contributed by atoms with Crippen molar-refractivity contribution < 1.29 is 19.1 Å². The van der Waals surface area contributed by atoms with Crippen LogP contribution >= 0.6 is 0 Å². The molecule has 0 radical (unpaired) electrons. The van der Waals surface area contributed by atoms with Gasteiger partial charge in [-0.3, -0.25) is 14.5 Å². The number of allylic oxidation sites excluding steroid dienone is 2. The molecule has 21 heavy (non-hydrogen) atoms. The van der Waals surface area contributed by atoms with Gasteiger partial charge in [0.15, 0.2) is 0 Å². The first-order valence-corrected chi connectivity index (χ1v) is 7.58. The number of carbonyl (C=O) groups is 3. The van der Waals surface area contributed by atoms with E-state index in [0.717, 1.165) is 6.42 Å². The Kier molecular flexibility index (Phi) is 3.38. The van der Waals surface area contributed by atoms with E-state index in [1.807, 2.05) is 13.8 Å². The summed E-state index contributed by atoms with van der Waals surface area (Å²) in [6, 6.07) is -0.778. The summed E-state index contributed by atoms with van der Waals surface area (Å²) in [4.78, 5) is 38.6. The average molecular weight is 291 g/mol. The van der Waals surface area contributed by atoms with Crippen LogP contribution in [0.25, 0.3) is 0 Å². The Morgan fingerprint density at radius 1 is 1.24 bits per heavy atom. The maximum absolute atomic E-state index is 12.7. The van der Waals surface area contributed by atoms with Crippen LogP contribution in [-0.4, -0.2) is 35.8 Å². The molecule has 5 heteroatoms. The van der Waals surface area contributed by atoms with Crippen LogP contribution in [0.3, 0.4) is 0 Å². The second-order valence-corrected chi connectivity index (χ2v) is 6.71. The maximum atomic E-state index is 12.7. The number of imide groups is 1. The molecule has 1 saturated carbocycles. The molecule has 2 fully saturated rings. The lowest BCUT2D eigenvalue weighted by Crippen LogP contribution is -2.47. The molecule has 2 amide bonds. The number of amides is 2. The number of hydrogen-bond donors (Lipinski definition) is 0. The molecule has 1 aliphatic heterocycles. The van der Waals surface area contributed by atoms with E-state index in [0.29, 0.717) is 6.42 Å². The average Bonchev–Trinajstić information content (AvgIpc) is 3.10. The second-order valence-electron chi connectivity index (χ2n) is 6.71. The minimum atomic E-state index is -0.778. The third-order valence-electron chi connectivity index (χ3n) is 4.98. The fourth-order valence-corrected chi connectivity index (χ4v) is 4.12. The molecule has 2 aliphatic carbocycles. The van der Waals surface area contributed by atoms with Gasteiger partial charge in [0.05, 0.1) is 18.9 Å². The lowest BCUT2D eigenvalue weighted by molar-refractivity contribution is -0.158. The largest absolute Gasteiger partial charge is 0.467 e. The van der Waals surface area contributed by atoms with Crippen molar-refractivity contribution in [3.05, 3.63) is 12.2 Å². The van der Waals surface area contributed by atoms with Gasteiger partial charge < -0.3 is 4.74 Å². The van der Waals surface area contributed by atoms with E-state index in [-0.39, 0.29) is 41.4 Å². The van der Waals surface area contributed by atoms with E-state index in [9.17, 15) is 14.4 Å². The Hall–Kier alpha value is -1.65. The Morgan fingerprint density at radius 3 is 2.19 bits per heavy atom. The van der Waals surface area contributed by atoms with Gasteiger partial charge in [-0.2, -0.15) is 0 Å². The predicted octanol–water partition coefficient (Wildman–Crippen LogP) is 1.38. The van der Waals surface area contributed by atoms with E-state index in [4.69, 9.17) is 4.74 Å².